The lowest BCUT2D eigenvalue weighted by atomic mass is 10.2. The van der Waals surface area contributed by atoms with Gasteiger partial charge in [-0.15, -0.1) is 0 Å². The Morgan fingerprint density at radius 1 is 1.03 bits per heavy atom. The summed E-state index contributed by atoms with van der Waals surface area (Å²) in [5.41, 5.74) is 0.913. The lowest BCUT2D eigenvalue weighted by Crippen LogP contribution is -2.20. The van der Waals surface area contributed by atoms with Crippen molar-refractivity contribution in [2.45, 2.75) is 19.4 Å². The first-order chi connectivity index (χ1) is 16.0. The molecule has 0 aliphatic carbocycles. The van der Waals surface area contributed by atoms with E-state index < -0.39 is 11.7 Å². The molecule has 2 N–H and O–H groups in total. The molecule has 0 radical (unpaired) electrons. The zero-order chi connectivity index (χ0) is 23.2. The molecule has 168 valence electrons. The second kappa shape index (κ2) is 9.81. The topological polar surface area (TPSA) is 115 Å². The van der Waals surface area contributed by atoms with Crippen LogP contribution < -0.4 is 10.6 Å². The Labute approximate surface area is 186 Å². The summed E-state index contributed by atoms with van der Waals surface area (Å²) in [6.07, 6.45) is 4.45. The molecule has 11 heteroatoms. The molecule has 2 amide bonds. The molecular weight excluding hydrogens is 434 g/mol. The number of anilines is 2. The zero-order valence-corrected chi connectivity index (χ0v) is 17.2. The number of nitrogens with one attached hydrogen (secondary N) is 2. The maximum atomic E-state index is 14.1. The van der Waals surface area contributed by atoms with E-state index in [1.54, 1.807) is 12.1 Å². The van der Waals surface area contributed by atoms with Crippen LogP contribution in [0.25, 0.3) is 11.3 Å². The molecule has 0 fully saturated rings. The van der Waals surface area contributed by atoms with E-state index >= 15 is 0 Å². The SMILES string of the molecule is O=C(CCc1ncc(-c2ccc(F)cc2)o1)Nc1ccc(F)c(NC(=O)Cn2cncn2)c1. The van der Waals surface area contributed by atoms with Gasteiger partial charge in [-0.25, -0.2) is 23.4 Å². The minimum Gasteiger partial charge on any atom is -0.441 e. The summed E-state index contributed by atoms with van der Waals surface area (Å²) in [6, 6.07) is 9.64. The minimum absolute atomic E-state index is 0.0642. The lowest BCUT2D eigenvalue weighted by Gasteiger charge is -2.10. The average molecular weight is 452 g/mol. The third-order valence-electron chi connectivity index (χ3n) is 4.54. The van der Waals surface area contributed by atoms with Crippen LogP contribution in [0.3, 0.4) is 0 Å². The Morgan fingerprint density at radius 3 is 2.61 bits per heavy atom. The van der Waals surface area contributed by atoms with Crippen molar-refractivity contribution in [1.82, 2.24) is 19.7 Å². The van der Waals surface area contributed by atoms with Crippen molar-refractivity contribution in [2.75, 3.05) is 10.6 Å². The monoisotopic (exact) mass is 452 g/mol. The van der Waals surface area contributed by atoms with Gasteiger partial charge in [-0.05, 0) is 42.5 Å². The van der Waals surface area contributed by atoms with Crippen LogP contribution in [0.5, 0.6) is 0 Å². The number of aryl methyl sites for hydroxylation is 1. The quantitative estimate of drug-likeness (QED) is 0.423. The normalized spacial score (nSPS) is 10.7. The first kappa shape index (κ1) is 21.8. The van der Waals surface area contributed by atoms with Crippen molar-refractivity contribution < 1.29 is 22.8 Å². The van der Waals surface area contributed by atoms with E-state index in [2.05, 4.69) is 25.7 Å². The van der Waals surface area contributed by atoms with Gasteiger partial charge in [-0.1, -0.05) is 0 Å². The molecule has 0 bridgehead atoms. The van der Waals surface area contributed by atoms with Crippen LogP contribution in [0, 0.1) is 11.6 Å². The van der Waals surface area contributed by atoms with Crippen LogP contribution in [0.4, 0.5) is 20.2 Å². The summed E-state index contributed by atoms with van der Waals surface area (Å²) in [5.74, 6) is -1.02. The molecule has 33 heavy (non-hydrogen) atoms. The van der Waals surface area contributed by atoms with E-state index in [-0.39, 0.29) is 36.8 Å². The minimum atomic E-state index is -0.645. The Kier molecular flexibility index (Phi) is 6.48. The number of amides is 2. The third kappa shape index (κ3) is 5.85. The first-order valence-corrected chi connectivity index (χ1v) is 9.88. The van der Waals surface area contributed by atoms with Gasteiger partial charge < -0.3 is 15.1 Å². The average Bonchev–Trinajstić information content (AvgIpc) is 3.47. The van der Waals surface area contributed by atoms with Gasteiger partial charge in [0.05, 0.1) is 11.9 Å². The number of benzene rings is 2. The van der Waals surface area contributed by atoms with E-state index in [4.69, 9.17) is 4.42 Å². The Hall–Kier alpha value is -4.41. The van der Waals surface area contributed by atoms with Crippen LogP contribution in [-0.2, 0) is 22.6 Å². The fraction of sp³-hybridized carbons (Fsp3) is 0.136. The number of nitrogens with zero attached hydrogens (tertiary/aromatic N) is 4. The summed E-state index contributed by atoms with van der Waals surface area (Å²) in [6.45, 7) is -0.133. The molecule has 9 nitrogen and oxygen atoms in total. The fourth-order valence-corrected chi connectivity index (χ4v) is 2.97. The highest BCUT2D eigenvalue weighted by Crippen LogP contribution is 2.22. The van der Waals surface area contributed by atoms with Crippen LogP contribution in [0.1, 0.15) is 12.3 Å². The lowest BCUT2D eigenvalue weighted by molar-refractivity contribution is -0.117. The van der Waals surface area contributed by atoms with Crippen molar-refractivity contribution >= 4 is 23.2 Å². The molecule has 0 spiro atoms. The van der Waals surface area contributed by atoms with Gasteiger partial charge in [-0.2, -0.15) is 5.10 Å². The molecule has 2 aromatic carbocycles. The van der Waals surface area contributed by atoms with Crippen LogP contribution in [0.2, 0.25) is 0 Å². The first-order valence-electron chi connectivity index (χ1n) is 9.88. The largest absolute Gasteiger partial charge is 0.441 e. The van der Waals surface area contributed by atoms with E-state index in [1.807, 2.05) is 0 Å². The number of oxazole rings is 1. The van der Waals surface area contributed by atoms with Crippen LogP contribution in [-0.4, -0.2) is 31.6 Å². The second-order valence-corrected chi connectivity index (χ2v) is 7.01. The summed E-state index contributed by atoms with van der Waals surface area (Å²) in [7, 11) is 0. The Balaban J connectivity index is 1.31. The molecule has 0 saturated carbocycles. The van der Waals surface area contributed by atoms with Gasteiger partial charge in [0.25, 0.3) is 0 Å². The number of carbonyl (C=O) groups excluding carboxylic acids is 2. The molecule has 0 aliphatic rings. The van der Waals surface area contributed by atoms with Crippen molar-refractivity contribution in [1.29, 1.82) is 0 Å². The highest BCUT2D eigenvalue weighted by molar-refractivity contribution is 5.94. The summed E-state index contributed by atoms with van der Waals surface area (Å²) in [5, 5.41) is 8.90. The molecule has 2 aromatic heterocycles. The smallest absolute Gasteiger partial charge is 0.246 e. The number of carbonyl (C=O) groups is 2. The predicted molar refractivity (Wildman–Crippen MR) is 114 cm³/mol. The Morgan fingerprint density at radius 2 is 1.85 bits per heavy atom. The highest BCUT2D eigenvalue weighted by atomic mass is 19.1. The molecule has 4 aromatic rings. The van der Waals surface area contributed by atoms with E-state index in [0.29, 0.717) is 22.9 Å². The van der Waals surface area contributed by atoms with Gasteiger partial charge in [0.2, 0.25) is 11.8 Å². The molecular formula is C22H18F2N6O3. The molecule has 2 heterocycles. The van der Waals surface area contributed by atoms with E-state index in [0.717, 1.165) is 6.07 Å². The van der Waals surface area contributed by atoms with E-state index in [9.17, 15) is 18.4 Å². The van der Waals surface area contributed by atoms with Crippen molar-refractivity contribution in [2.24, 2.45) is 0 Å². The maximum Gasteiger partial charge on any atom is 0.246 e. The molecule has 0 unspecified atom stereocenters. The zero-order valence-electron chi connectivity index (χ0n) is 17.2. The van der Waals surface area contributed by atoms with Crippen molar-refractivity contribution in [3.63, 3.8) is 0 Å². The van der Waals surface area contributed by atoms with Gasteiger partial charge in [0.1, 0.15) is 30.8 Å². The van der Waals surface area contributed by atoms with Crippen LogP contribution >= 0.6 is 0 Å². The van der Waals surface area contributed by atoms with Gasteiger partial charge in [-0.3, -0.25) is 9.59 Å². The summed E-state index contributed by atoms with van der Waals surface area (Å²) < 4.78 is 34.0. The number of halogens is 2. The van der Waals surface area contributed by atoms with Gasteiger partial charge in [0.15, 0.2) is 11.7 Å². The fourth-order valence-electron chi connectivity index (χ4n) is 2.97. The Bertz CT molecular complexity index is 1260. The van der Waals surface area contributed by atoms with Gasteiger partial charge >= 0.3 is 0 Å². The standard InChI is InChI=1S/C22H18F2N6O3/c23-15-3-1-14(2-4-15)19-10-26-22(33-19)8-7-20(31)28-16-5-6-17(24)18(9-16)29-21(32)11-30-13-25-12-27-30/h1-6,9-10,12-13H,7-8,11H2,(H,28,31)(H,29,32). The van der Waals surface area contributed by atoms with Crippen molar-refractivity contribution in [3.8, 4) is 11.3 Å². The summed E-state index contributed by atoms with van der Waals surface area (Å²) >= 11 is 0. The number of hydrogen-bond donors (Lipinski definition) is 2. The number of aromatic nitrogens is 4. The third-order valence-corrected chi connectivity index (χ3v) is 4.54. The van der Waals surface area contributed by atoms with Crippen LogP contribution in [0.15, 0.2) is 65.7 Å². The molecule has 0 atom stereocenters. The second-order valence-electron chi connectivity index (χ2n) is 7.01. The number of rotatable bonds is 8. The van der Waals surface area contributed by atoms with Gasteiger partial charge in [0, 0.05) is 24.1 Å². The van der Waals surface area contributed by atoms with E-state index in [1.165, 1.54) is 47.8 Å². The molecule has 0 saturated heterocycles. The molecule has 0 aliphatic heterocycles. The number of hydrogen-bond acceptors (Lipinski definition) is 6. The predicted octanol–water partition coefficient (Wildman–Crippen LogP) is 3.42. The molecule has 4 rings (SSSR count). The van der Waals surface area contributed by atoms with Crippen molar-refractivity contribution in [3.05, 3.63) is 78.8 Å². The summed E-state index contributed by atoms with van der Waals surface area (Å²) in [4.78, 5) is 32.2. The maximum absolute atomic E-state index is 14.1. The highest BCUT2D eigenvalue weighted by Gasteiger charge is 2.12.